The predicted molar refractivity (Wildman–Crippen MR) is 95.0 cm³/mol. The van der Waals surface area contributed by atoms with Crippen molar-refractivity contribution in [1.29, 1.82) is 0 Å². The van der Waals surface area contributed by atoms with E-state index < -0.39 is 16.1 Å². The van der Waals surface area contributed by atoms with Crippen molar-refractivity contribution in [2.24, 2.45) is 0 Å². The van der Waals surface area contributed by atoms with Crippen LogP contribution in [-0.2, 0) is 16.4 Å². The summed E-state index contributed by atoms with van der Waals surface area (Å²) < 4.78 is 27.2. The molecule has 0 unspecified atom stereocenters. The second-order valence-corrected chi connectivity index (χ2v) is 8.91. The van der Waals surface area contributed by atoms with Gasteiger partial charge < -0.3 is 5.11 Å². The third-order valence-electron chi connectivity index (χ3n) is 3.26. The molecular formula is C15H17Cl2NO3S2. The number of halogens is 2. The van der Waals surface area contributed by atoms with E-state index in [0.29, 0.717) is 17.0 Å². The molecule has 0 aliphatic carbocycles. The molecule has 8 heteroatoms. The van der Waals surface area contributed by atoms with E-state index in [4.69, 9.17) is 23.2 Å². The maximum absolute atomic E-state index is 12.3. The van der Waals surface area contributed by atoms with Crippen LogP contribution in [0.25, 0.3) is 0 Å². The molecule has 0 amide bonds. The quantitative estimate of drug-likeness (QED) is 0.780. The molecule has 0 bridgehead atoms. The lowest BCUT2D eigenvalue weighted by Gasteiger charge is -2.10. The second-order valence-electron chi connectivity index (χ2n) is 5.16. The molecule has 1 aromatic carbocycles. The Bertz CT molecular complexity index is 801. The van der Waals surface area contributed by atoms with Gasteiger partial charge in [0.1, 0.15) is 4.90 Å². The Morgan fingerprint density at radius 2 is 1.96 bits per heavy atom. The number of rotatable bonds is 6. The molecule has 4 nitrogen and oxygen atoms in total. The maximum Gasteiger partial charge on any atom is 0.242 e. The first-order valence-electron chi connectivity index (χ1n) is 6.92. The van der Waals surface area contributed by atoms with Gasteiger partial charge in [-0.15, -0.1) is 11.3 Å². The largest absolute Gasteiger partial charge is 0.388 e. The van der Waals surface area contributed by atoms with Gasteiger partial charge in [0.15, 0.2) is 0 Å². The number of nitrogens with one attached hydrogen (secondary N) is 1. The molecule has 0 aliphatic heterocycles. The maximum atomic E-state index is 12.3. The Balaban J connectivity index is 2.05. The van der Waals surface area contributed by atoms with Crippen molar-refractivity contribution in [2.75, 3.05) is 6.54 Å². The summed E-state index contributed by atoms with van der Waals surface area (Å²) in [7, 11) is -3.70. The number of sulfonamides is 1. The van der Waals surface area contributed by atoms with Crippen LogP contribution in [0.4, 0.5) is 0 Å². The summed E-state index contributed by atoms with van der Waals surface area (Å²) in [6.07, 6.45) is 0.0298. The minimum absolute atomic E-state index is 0.0249. The van der Waals surface area contributed by atoms with E-state index in [1.165, 1.54) is 23.5 Å². The van der Waals surface area contributed by atoms with Gasteiger partial charge in [-0.25, -0.2) is 13.1 Å². The fourth-order valence-corrected chi connectivity index (χ4v) is 4.79. The van der Waals surface area contributed by atoms with E-state index in [1.54, 1.807) is 13.8 Å². The molecule has 1 aromatic heterocycles. The molecule has 0 fully saturated rings. The van der Waals surface area contributed by atoms with Crippen molar-refractivity contribution >= 4 is 44.6 Å². The van der Waals surface area contributed by atoms with Crippen LogP contribution in [0.1, 0.15) is 28.3 Å². The standard InChI is InChI=1S/C15H17Cl2NO3S2/c1-9-7-15(13(17)8-12(9)16)23(20,21)18-6-5-11-3-4-14(22-11)10(2)19/h3-4,7-8,10,18-19H,5-6H2,1-2H3/t10-/m1/s1. The van der Waals surface area contributed by atoms with Gasteiger partial charge in [0.25, 0.3) is 0 Å². The summed E-state index contributed by atoms with van der Waals surface area (Å²) in [4.78, 5) is 1.89. The zero-order valence-electron chi connectivity index (χ0n) is 12.6. The van der Waals surface area contributed by atoms with Crippen LogP contribution in [0.15, 0.2) is 29.2 Å². The highest BCUT2D eigenvalue weighted by Gasteiger charge is 2.19. The normalized spacial score (nSPS) is 13.3. The Morgan fingerprint density at radius 1 is 1.26 bits per heavy atom. The van der Waals surface area contributed by atoms with Gasteiger partial charge in [0, 0.05) is 21.3 Å². The fraction of sp³-hybridized carbons (Fsp3) is 0.333. The van der Waals surface area contributed by atoms with Crippen LogP contribution in [0.5, 0.6) is 0 Å². The van der Waals surface area contributed by atoms with Crippen molar-refractivity contribution in [3.63, 3.8) is 0 Å². The second kappa shape index (κ2) is 7.51. The molecule has 126 valence electrons. The van der Waals surface area contributed by atoms with Crippen LogP contribution in [-0.4, -0.2) is 20.1 Å². The zero-order chi connectivity index (χ0) is 17.2. The minimum Gasteiger partial charge on any atom is -0.388 e. The monoisotopic (exact) mass is 393 g/mol. The van der Waals surface area contributed by atoms with Gasteiger partial charge in [-0.2, -0.15) is 0 Å². The van der Waals surface area contributed by atoms with Crippen molar-refractivity contribution in [2.45, 2.75) is 31.3 Å². The number of aliphatic hydroxyl groups excluding tert-OH is 1. The summed E-state index contributed by atoms with van der Waals surface area (Å²) in [6, 6.07) is 6.63. The van der Waals surface area contributed by atoms with E-state index in [9.17, 15) is 13.5 Å². The van der Waals surface area contributed by atoms with Crippen LogP contribution in [0, 0.1) is 6.92 Å². The molecule has 1 atom stereocenters. The summed E-state index contributed by atoms with van der Waals surface area (Å²) in [5.74, 6) is 0. The summed E-state index contributed by atoms with van der Waals surface area (Å²) in [5.41, 5.74) is 0.649. The molecular weight excluding hydrogens is 377 g/mol. The molecule has 2 N–H and O–H groups in total. The van der Waals surface area contributed by atoms with Crippen molar-refractivity contribution in [3.05, 3.63) is 49.6 Å². The SMILES string of the molecule is Cc1cc(S(=O)(=O)NCCc2ccc([C@@H](C)O)s2)c(Cl)cc1Cl. The Labute approximate surface area is 150 Å². The number of thiophene rings is 1. The lowest BCUT2D eigenvalue weighted by molar-refractivity contribution is 0.203. The lowest BCUT2D eigenvalue weighted by atomic mass is 10.2. The van der Waals surface area contributed by atoms with Gasteiger partial charge in [-0.05, 0) is 50.1 Å². The molecule has 23 heavy (non-hydrogen) atoms. The van der Waals surface area contributed by atoms with E-state index in [2.05, 4.69) is 4.72 Å². The van der Waals surface area contributed by atoms with E-state index in [1.807, 2.05) is 12.1 Å². The average molecular weight is 394 g/mol. The first-order chi connectivity index (χ1) is 10.7. The van der Waals surface area contributed by atoms with Crippen molar-refractivity contribution in [3.8, 4) is 0 Å². The molecule has 0 saturated carbocycles. The molecule has 0 aliphatic rings. The van der Waals surface area contributed by atoms with Crippen LogP contribution in [0.2, 0.25) is 10.0 Å². The highest BCUT2D eigenvalue weighted by molar-refractivity contribution is 7.89. The molecule has 0 saturated heterocycles. The lowest BCUT2D eigenvalue weighted by Crippen LogP contribution is -2.26. The number of hydrogen-bond donors (Lipinski definition) is 2. The number of benzene rings is 1. The van der Waals surface area contributed by atoms with E-state index >= 15 is 0 Å². The molecule has 2 rings (SSSR count). The highest BCUT2D eigenvalue weighted by atomic mass is 35.5. The van der Waals surface area contributed by atoms with Gasteiger partial charge in [0.05, 0.1) is 11.1 Å². The minimum atomic E-state index is -3.70. The number of hydrogen-bond acceptors (Lipinski definition) is 4. The molecule has 2 aromatic rings. The highest BCUT2D eigenvalue weighted by Crippen LogP contribution is 2.28. The Hall–Kier alpha value is -0.630. The summed E-state index contributed by atoms with van der Waals surface area (Å²) >= 11 is 13.4. The van der Waals surface area contributed by atoms with Gasteiger partial charge in [-0.1, -0.05) is 23.2 Å². The molecule has 0 radical (unpaired) electrons. The summed E-state index contributed by atoms with van der Waals surface area (Å²) in [6.45, 7) is 3.67. The first-order valence-corrected chi connectivity index (χ1v) is 9.98. The van der Waals surface area contributed by atoms with Gasteiger partial charge in [0.2, 0.25) is 10.0 Å². The molecule has 0 spiro atoms. The average Bonchev–Trinajstić information content (AvgIpc) is 2.91. The van der Waals surface area contributed by atoms with Gasteiger partial charge in [-0.3, -0.25) is 0 Å². The number of aryl methyl sites for hydroxylation is 1. The Kier molecular flexibility index (Phi) is 6.10. The first kappa shape index (κ1) is 18.7. The smallest absolute Gasteiger partial charge is 0.242 e. The number of aliphatic hydroxyl groups is 1. The Morgan fingerprint density at radius 3 is 2.57 bits per heavy atom. The van der Waals surface area contributed by atoms with Gasteiger partial charge >= 0.3 is 0 Å². The van der Waals surface area contributed by atoms with Crippen molar-refractivity contribution in [1.82, 2.24) is 4.72 Å². The van der Waals surface area contributed by atoms with Crippen LogP contribution >= 0.6 is 34.5 Å². The van der Waals surface area contributed by atoms with Crippen LogP contribution in [0.3, 0.4) is 0 Å². The summed E-state index contributed by atoms with van der Waals surface area (Å²) in [5, 5.41) is 10.0. The predicted octanol–water partition coefficient (Wildman–Crippen LogP) is 3.94. The zero-order valence-corrected chi connectivity index (χ0v) is 15.8. The van der Waals surface area contributed by atoms with E-state index in [0.717, 1.165) is 9.75 Å². The molecule has 1 heterocycles. The fourth-order valence-electron chi connectivity index (χ4n) is 1.98. The third kappa shape index (κ3) is 4.68. The van der Waals surface area contributed by atoms with Crippen LogP contribution < -0.4 is 4.72 Å². The van der Waals surface area contributed by atoms with Crippen molar-refractivity contribution < 1.29 is 13.5 Å². The third-order valence-corrected chi connectivity index (χ3v) is 6.91. The van der Waals surface area contributed by atoms with E-state index in [-0.39, 0.29) is 16.5 Å². The topological polar surface area (TPSA) is 66.4 Å².